The van der Waals surface area contributed by atoms with Crippen LogP contribution in [0.5, 0.6) is 0 Å². The largest absolute Gasteiger partial charge is 0.449 e. The minimum atomic E-state index is -4.05. The molecule has 7 nitrogen and oxygen atoms in total. The number of rotatable bonds is 7. The molecule has 1 saturated heterocycles. The summed E-state index contributed by atoms with van der Waals surface area (Å²) in [5.74, 6) is -2.37. The molecular weight excluding hydrogens is 375 g/mol. The van der Waals surface area contributed by atoms with E-state index in [9.17, 15) is 22.4 Å². The van der Waals surface area contributed by atoms with Gasteiger partial charge in [0.15, 0.2) is 6.10 Å². The fraction of sp³-hybridized carbons (Fsp3) is 0.444. The van der Waals surface area contributed by atoms with Crippen LogP contribution in [0.15, 0.2) is 35.7 Å². The number of nitrogens with zero attached hydrogens (tertiary/aromatic N) is 1. The molecule has 0 aliphatic carbocycles. The van der Waals surface area contributed by atoms with E-state index in [2.05, 4.69) is 11.9 Å². The van der Waals surface area contributed by atoms with Crippen molar-refractivity contribution in [3.63, 3.8) is 0 Å². The zero-order chi connectivity index (χ0) is 20.0. The number of nitrogens with one attached hydrogen (secondary N) is 1. The Labute approximate surface area is 158 Å². The molecule has 148 valence electrons. The molecule has 1 unspecified atom stereocenters. The quantitative estimate of drug-likeness (QED) is 0.559. The maximum absolute atomic E-state index is 14.2. The first-order valence-electron chi connectivity index (χ1n) is 8.66. The topological polar surface area (TPSA) is 92.8 Å². The van der Waals surface area contributed by atoms with Crippen LogP contribution in [0.3, 0.4) is 0 Å². The molecule has 27 heavy (non-hydrogen) atoms. The van der Waals surface area contributed by atoms with Crippen LogP contribution in [-0.2, 0) is 19.6 Å². The summed E-state index contributed by atoms with van der Waals surface area (Å²) in [5, 5.41) is 2.48. The van der Waals surface area contributed by atoms with Crippen LogP contribution in [0, 0.1) is 5.82 Å². The van der Waals surface area contributed by atoms with Crippen LogP contribution >= 0.6 is 0 Å². The summed E-state index contributed by atoms with van der Waals surface area (Å²) in [6, 6.07) is 2.99. The minimum absolute atomic E-state index is 0.143. The number of hydrogen-bond acceptors (Lipinski definition) is 5. The Kier molecular flexibility index (Phi) is 7.09. The van der Waals surface area contributed by atoms with E-state index in [1.54, 1.807) is 0 Å². The van der Waals surface area contributed by atoms with Crippen molar-refractivity contribution in [3.8, 4) is 0 Å². The van der Waals surface area contributed by atoms with Gasteiger partial charge in [-0.1, -0.05) is 12.5 Å². The molecule has 0 spiro atoms. The SMILES string of the molecule is C=CCNC(=O)C(C)OC(=O)c1ccc(F)c(S(=O)(=O)N2CCCCC2)c1. The average Bonchev–Trinajstić information content (AvgIpc) is 2.66. The number of piperidine rings is 1. The number of esters is 1. The molecule has 0 bridgehead atoms. The zero-order valence-corrected chi connectivity index (χ0v) is 15.9. The van der Waals surface area contributed by atoms with E-state index in [1.165, 1.54) is 17.3 Å². The van der Waals surface area contributed by atoms with Crippen LogP contribution in [0.25, 0.3) is 0 Å². The Hall–Kier alpha value is -2.26. The molecule has 1 fully saturated rings. The number of ether oxygens (including phenoxy) is 1. The van der Waals surface area contributed by atoms with E-state index in [-0.39, 0.29) is 12.1 Å². The molecule has 9 heteroatoms. The number of carbonyl (C=O) groups is 2. The van der Waals surface area contributed by atoms with E-state index in [0.29, 0.717) is 25.9 Å². The molecule has 1 N–H and O–H groups in total. The monoisotopic (exact) mass is 398 g/mol. The van der Waals surface area contributed by atoms with Gasteiger partial charge in [-0.2, -0.15) is 4.31 Å². The molecule has 1 heterocycles. The van der Waals surface area contributed by atoms with Gasteiger partial charge in [0.2, 0.25) is 10.0 Å². The highest BCUT2D eigenvalue weighted by molar-refractivity contribution is 7.89. The zero-order valence-electron chi connectivity index (χ0n) is 15.1. The van der Waals surface area contributed by atoms with E-state index < -0.39 is 38.7 Å². The molecule has 1 aromatic rings. The molecule has 1 atom stereocenters. The van der Waals surface area contributed by atoms with Crippen molar-refractivity contribution < 1.29 is 27.1 Å². The third-order valence-electron chi connectivity index (χ3n) is 4.17. The first-order chi connectivity index (χ1) is 12.8. The number of benzene rings is 1. The van der Waals surface area contributed by atoms with Crippen molar-refractivity contribution in [1.29, 1.82) is 0 Å². The molecule has 1 aromatic carbocycles. The molecule has 0 aromatic heterocycles. The van der Waals surface area contributed by atoms with E-state index in [1.807, 2.05) is 0 Å². The van der Waals surface area contributed by atoms with Crippen LogP contribution < -0.4 is 5.32 Å². The molecule has 1 aliphatic heterocycles. The Morgan fingerprint density at radius 1 is 1.33 bits per heavy atom. The number of hydrogen-bond donors (Lipinski definition) is 1. The summed E-state index contributed by atoms with van der Waals surface area (Å²) in [4.78, 5) is 23.4. The molecular formula is C18H23FN2O5S. The van der Waals surface area contributed by atoms with Gasteiger partial charge in [0, 0.05) is 19.6 Å². The summed E-state index contributed by atoms with van der Waals surface area (Å²) >= 11 is 0. The first-order valence-corrected chi connectivity index (χ1v) is 10.1. The van der Waals surface area contributed by atoms with E-state index in [4.69, 9.17) is 4.74 Å². The molecule has 0 saturated carbocycles. The van der Waals surface area contributed by atoms with Crippen LogP contribution in [0.2, 0.25) is 0 Å². The third kappa shape index (κ3) is 5.14. The summed E-state index contributed by atoms with van der Waals surface area (Å²) < 4.78 is 45.8. The van der Waals surface area contributed by atoms with Gasteiger partial charge in [-0.3, -0.25) is 4.79 Å². The summed E-state index contributed by atoms with van der Waals surface area (Å²) in [5.41, 5.74) is -0.143. The number of amides is 1. The summed E-state index contributed by atoms with van der Waals surface area (Å²) in [6.07, 6.45) is 2.72. The molecule has 0 radical (unpaired) electrons. The van der Waals surface area contributed by atoms with Crippen molar-refractivity contribution in [1.82, 2.24) is 9.62 Å². The third-order valence-corrected chi connectivity index (χ3v) is 6.09. The van der Waals surface area contributed by atoms with E-state index in [0.717, 1.165) is 24.6 Å². The number of halogens is 1. The Morgan fingerprint density at radius 2 is 2.00 bits per heavy atom. The number of carbonyl (C=O) groups excluding carboxylic acids is 2. The van der Waals surface area contributed by atoms with Gasteiger partial charge in [0.05, 0.1) is 5.56 Å². The average molecular weight is 398 g/mol. The highest BCUT2D eigenvalue weighted by Gasteiger charge is 2.30. The second-order valence-corrected chi connectivity index (χ2v) is 8.10. The normalized spacial score (nSPS) is 16.4. The van der Waals surface area contributed by atoms with Gasteiger partial charge < -0.3 is 10.1 Å². The Balaban J connectivity index is 2.19. The molecule has 1 amide bonds. The fourth-order valence-corrected chi connectivity index (χ4v) is 4.28. The maximum atomic E-state index is 14.2. The minimum Gasteiger partial charge on any atom is -0.449 e. The van der Waals surface area contributed by atoms with Crippen molar-refractivity contribution in [2.75, 3.05) is 19.6 Å². The lowest BCUT2D eigenvalue weighted by molar-refractivity contribution is -0.128. The van der Waals surface area contributed by atoms with Crippen LogP contribution in [0.1, 0.15) is 36.5 Å². The van der Waals surface area contributed by atoms with Crippen LogP contribution in [0.4, 0.5) is 4.39 Å². The van der Waals surface area contributed by atoms with Gasteiger partial charge in [0.1, 0.15) is 10.7 Å². The summed E-state index contributed by atoms with van der Waals surface area (Å²) in [6.45, 7) is 5.69. The lowest BCUT2D eigenvalue weighted by atomic mass is 10.2. The van der Waals surface area contributed by atoms with E-state index >= 15 is 0 Å². The second kappa shape index (κ2) is 9.09. The molecule has 1 aliphatic rings. The molecule has 2 rings (SSSR count). The Bertz CT molecular complexity index is 819. The lowest BCUT2D eigenvalue weighted by Crippen LogP contribution is -2.36. The smallest absolute Gasteiger partial charge is 0.338 e. The van der Waals surface area contributed by atoms with Gasteiger partial charge in [-0.25, -0.2) is 17.6 Å². The van der Waals surface area contributed by atoms with Gasteiger partial charge >= 0.3 is 5.97 Å². The van der Waals surface area contributed by atoms with Crippen molar-refractivity contribution >= 4 is 21.9 Å². The second-order valence-electron chi connectivity index (χ2n) is 6.19. The van der Waals surface area contributed by atoms with Crippen molar-refractivity contribution in [2.45, 2.75) is 37.2 Å². The highest BCUT2D eigenvalue weighted by Crippen LogP contribution is 2.24. The van der Waals surface area contributed by atoms with Gasteiger partial charge in [-0.15, -0.1) is 6.58 Å². The van der Waals surface area contributed by atoms with Crippen LogP contribution in [-0.4, -0.2) is 50.3 Å². The van der Waals surface area contributed by atoms with Gasteiger partial charge in [0.25, 0.3) is 5.91 Å². The predicted molar refractivity (Wildman–Crippen MR) is 97.1 cm³/mol. The summed E-state index contributed by atoms with van der Waals surface area (Å²) in [7, 11) is -4.05. The first kappa shape index (κ1) is 21.0. The lowest BCUT2D eigenvalue weighted by Gasteiger charge is -2.26. The van der Waals surface area contributed by atoms with Gasteiger partial charge in [-0.05, 0) is 38.0 Å². The predicted octanol–water partition coefficient (Wildman–Crippen LogP) is 1.85. The number of sulfonamides is 1. The Morgan fingerprint density at radius 3 is 2.63 bits per heavy atom. The fourth-order valence-electron chi connectivity index (χ4n) is 2.67. The maximum Gasteiger partial charge on any atom is 0.338 e. The van der Waals surface area contributed by atoms with Crippen molar-refractivity contribution in [3.05, 3.63) is 42.2 Å². The standard InChI is InChI=1S/C18H23FN2O5S/c1-3-9-20-17(22)13(2)26-18(23)14-7-8-15(19)16(12-14)27(24,25)21-10-5-4-6-11-21/h3,7-8,12-13H,1,4-6,9-11H2,2H3,(H,20,22). The highest BCUT2D eigenvalue weighted by atomic mass is 32.2. The van der Waals surface area contributed by atoms with Crippen molar-refractivity contribution in [2.24, 2.45) is 0 Å².